The summed E-state index contributed by atoms with van der Waals surface area (Å²) in [5, 5.41) is 0. The second-order valence-electron chi connectivity index (χ2n) is 7.03. The Morgan fingerprint density at radius 1 is 0.680 bits per heavy atom. The smallest absolute Gasteiger partial charge is 0.0139 e. The zero-order chi connectivity index (χ0) is 16.6. The molecule has 1 atom stereocenters. The quantitative estimate of drug-likeness (QED) is 0.527. The van der Waals surface area contributed by atoms with Crippen molar-refractivity contribution in [2.75, 3.05) is 0 Å². The van der Waals surface area contributed by atoms with Gasteiger partial charge >= 0.3 is 0 Å². The van der Waals surface area contributed by atoms with Crippen LogP contribution in [0.15, 0.2) is 84.4 Å². The van der Waals surface area contributed by atoms with Crippen molar-refractivity contribution in [1.29, 1.82) is 0 Å². The topological polar surface area (TPSA) is 0 Å². The largest absolute Gasteiger partial charge is 0.0643 e. The van der Waals surface area contributed by atoms with Crippen molar-refractivity contribution in [2.45, 2.75) is 18.8 Å². The maximum Gasteiger partial charge on any atom is 0.0139 e. The molecule has 2 aliphatic carbocycles. The molecule has 0 aromatic heterocycles. The summed E-state index contributed by atoms with van der Waals surface area (Å²) in [7, 11) is 0. The van der Waals surface area contributed by atoms with Crippen LogP contribution in [0.3, 0.4) is 0 Å². The molecule has 0 saturated heterocycles. The van der Waals surface area contributed by atoms with Crippen molar-refractivity contribution < 1.29 is 0 Å². The van der Waals surface area contributed by atoms with Crippen molar-refractivity contribution in [2.24, 2.45) is 0 Å². The summed E-state index contributed by atoms with van der Waals surface area (Å²) in [5.41, 5.74) is 10.1. The number of hydrogen-bond donors (Lipinski definition) is 0. The Balaban J connectivity index is 1.51. The van der Waals surface area contributed by atoms with E-state index in [1.165, 1.54) is 33.4 Å². The lowest BCUT2D eigenvalue weighted by Gasteiger charge is -2.18. The van der Waals surface area contributed by atoms with E-state index in [0.29, 0.717) is 5.92 Å². The van der Waals surface area contributed by atoms with Gasteiger partial charge in [-0.25, -0.2) is 0 Å². The Bertz CT molecular complexity index is 989. The fraction of sp³-hybridized carbons (Fsp3) is 0.120. The Morgan fingerprint density at radius 2 is 1.40 bits per heavy atom. The zero-order valence-corrected chi connectivity index (χ0v) is 14.2. The highest BCUT2D eigenvalue weighted by Gasteiger charge is 2.27. The van der Waals surface area contributed by atoms with Crippen LogP contribution >= 0.6 is 0 Å². The van der Waals surface area contributed by atoms with Gasteiger partial charge in [0.2, 0.25) is 0 Å². The van der Waals surface area contributed by atoms with Gasteiger partial charge < -0.3 is 0 Å². The van der Waals surface area contributed by atoms with Crippen molar-refractivity contribution in [3.63, 3.8) is 0 Å². The zero-order valence-electron chi connectivity index (χ0n) is 14.2. The molecule has 0 spiro atoms. The summed E-state index contributed by atoms with van der Waals surface area (Å²) < 4.78 is 0. The van der Waals surface area contributed by atoms with Crippen LogP contribution in [0.4, 0.5) is 0 Å². The van der Waals surface area contributed by atoms with Gasteiger partial charge in [-0.3, -0.25) is 0 Å². The summed E-state index contributed by atoms with van der Waals surface area (Å²) in [6, 6.07) is 28.5. The Labute approximate surface area is 149 Å². The molecule has 0 saturated carbocycles. The molecule has 0 amide bonds. The van der Waals surface area contributed by atoms with E-state index in [1.807, 2.05) is 0 Å². The number of fused-ring (bicyclic) bond motifs is 2. The molecular formula is C25H20. The Morgan fingerprint density at radius 3 is 2.24 bits per heavy atom. The summed E-state index contributed by atoms with van der Waals surface area (Å²) in [6.45, 7) is 0. The van der Waals surface area contributed by atoms with E-state index in [0.717, 1.165) is 12.8 Å². The lowest BCUT2D eigenvalue weighted by atomic mass is 9.85. The Hall–Kier alpha value is -2.86. The summed E-state index contributed by atoms with van der Waals surface area (Å²) in [5.74, 6) is 0.458. The average molecular weight is 320 g/mol. The first kappa shape index (κ1) is 14.5. The molecule has 0 heterocycles. The third kappa shape index (κ3) is 2.55. The van der Waals surface area contributed by atoms with E-state index < -0.39 is 0 Å². The fourth-order valence-electron chi connectivity index (χ4n) is 4.28. The van der Waals surface area contributed by atoms with Gasteiger partial charge in [-0.05, 0) is 46.2 Å². The lowest BCUT2D eigenvalue weighted by molar-refractivity contribution is 0.839. The summed E-state index contributed by atoms with van der Waals surface area (Å²) in [6.07, 6.45) is 6.99. The molecule has 1 unspecified atom stereocenters. The predicted molar refractivity (Wildman–Crippen MR) is 106 cm³/mol. The average Bonchev–Trinajstić information content (AvgIpc) is 3.24. The number of hydrogen-bond acceptors (Lipinski definition) is 0. The predicted octanol–water partition coefficient (Wildman–Crippen LogP) is 6.35. The second-order valence-corrected chi connectivity index (χ2v) is 7.03. The molecule has 3 aromatic carbocycles. The molecule has 2 aliphatic rings. The van der Waals surface area contributed by atoms with E-state index in [-0.39, 0.29) is 0 Å². The van der Waals surface area contributed by atoms with E-state index in [1.54, 1.807) is 5.57 Å². The molecule has 5 rings (SSSR count). The molecule has 0 radical (unpaired) electrons. The second kappa shape index (κ2) is 5.89. The highest BCUT2D eigenvalue weighted by Crippen LogP contribution is 2.46. The third-order valence-electron chi connectivity index (χ3n) is 5.46. The van der Waals surface area contributed by atoms with Gasteiger partial charge in [-0.2, -0.15) is 0 Å². The highest BCUT2D eigenvalue weighted by atomic mass is 14.3. The maximum atomic E-state index is 2.40. The van der Waals surface area contributed by atoms with Gasteiger partial charge in [0.1, 0.15) is 0 Å². The van der Waals surface area contributed by atoms with Crippen LogP contribution in [0.2, 0.25) is 0 Å². The molecule has 0 heteroatoms. The van der Waals surface area contributed by atoms with E-state index in [9.17, 15) is 0 Å². The minimum Gasteiger partial charge on any atom is -0.0643 e. The monoisotopic (exact) mass is 320 g/mol. The van der Waals surface area contributed by atoms with Gasteiger partial charge in [-0.15, -0.1) is 0 Å². The first-order valence-corrected chi connectivity index (χ1v) is 9.02. The third-order valence-corrected chi connectivity index (χ3v) is 5.46. The first-order chi connectivity index (χ1) is 12.4. The van der Waals surface area contributed by atoms with E-state index in [2.05, 4.69) is 91.0 Å². The van der Waals surface area contributed by atoms with Crippen LogP contribution in [0.1, 0.15) is 40.2 Å². The van der Waals surface area contributed by atoms with Gasteiger partial charge in [0.15, 0.2) is 0 Å². The SMILES string of the molecule is C1=C(CC2C(c3ccccc3)=Cc3ccccc32)Cc2ccccc21. The van der Waals surface area contributed by atoms with Crippen LogP contribution in [0.25, 0.3) is 17.7 Å². The van der Waals surface area contributed by atoms with Crippen molar-refractivity contribution in [3.8, 4) is 0 Å². The minimum atomic E-state index is 0.458. The van der Waals surface area contributed by atoms with Gasteiger partial charge in [-0.1, -0.05) is 96.6 Å². The lowest BCUT2D eigenvalue weighted by Crippen LogP contribution is -2.01. The molecule has 0 N–H and O–H groups in total. The maximum absolute atomic E-state index is 2.40. The Kier molecular flexibility index (Phi) is 3.41. The molecular weight excluding hydrogens is 300 g/mol. The number of rotatable bonds is 3. The minimum absolute atomic E-state index is 0.458. The van der Waals surface area contributed by atoms with Crippen LogP contribution in [-0.2, 0) is 6.42 Å². The highest BCUT2D eigenvalue weighted by molar-refractivity contribution is 5.91. The molecule has 0 fully saturated rings. The molecule has 25 heavy (non-hydrogen) atoms. The standard InChI is InChI=1S/C25H20/c1-2-8-19(9-3-1)24-17-22-12-6-7-13-23(22)25(24)16-18-14-20-10-4-5-11-21(20)15-18/h1-14,17,25H,15-16H2. The van der Waals surface area contributed by atoms with Crippen LogP contribution < -0.4 is 0 Å². The van der Waals surface area contributed by atoms with Crippen LogP contribution in [0.5, 0.6) is 0 Å². The van der Waals surface area contributed by atoms with Gasteiger partial charge in [0.25, 0.3) is 0 Å². The van der Waals surface area contributed by atoms with Crippen molar-refractivity contribution in [3.05, 3.63) is 112 Å². The van der Waals surface area contributed by atoms with Crippen LogP contribution in [-0.4, -0.2) is 0 Å². The van der Waals surface area contributed by atoms with Crippen molar-refractivity contribution >= 4 is 17.7 Å². The van der Waals surface area contributed by atoms with Gasteiger partial charge in [0, 0.05) is 5.92 Å². The molecule has 0 nitrogen and oxygen atoms in total. The van der Waals surface area contributed by atoms with Crippen molar-refractivity contribution in [1.82, 2.24) is 0 Å². The van der Waals surface area contributed by atoms with E-state index >= 15 is 0 Å². The molecule has 0 aliphatic heterocycles. The molecule has 120 valence electrons. The molecule has 3 aromatic rings. The fourth-order valence-corrected chi connectivity index (χ4v) is 4.28. The summed E-state index contributed by atoms with van der Waals surface area (Å²) >= 11 is 0. The summed E-state index contributed by atoms with van der Waals surface area (Å²) in [4.78, 5) is 0. The first-order valence-electron chi connectivity index (χ1n) is 9.02. The normalized spacial score (nSPS) is 17.7. The van der Waals surface area contributed by atoms with Crippen LogP contribution in [0, 0.1) is 0 Å². The van der Waals surface area contributed by atoms with Gasteiger partial charge in [0.05, 0.1) is 0 Å². The number of benzene rings is 3. The van der Waals surface area contributed by atoms with E-state index in [4.69, 9.17) is 0 Å². The molecule has 0 bridgehead atoms. The number of allylic oxidation sites excluding steroid dienone is 2.